The summed E-state index contributed by atoms with van der Waals surface area (Å²) in [6.45, 7) is 1.08. The van der Waals surface area contributed by atoms with E-state index in [0.29, 0.717) is 16.0 Å². The van der Waals surface area contributed by atoms with Crippen LogP contribution < -0.4 is 4.74 Å². The standard InChI is InChI=1S/C17H18Cl2O7/c1-6-11(18)7-3-2-4-8(10(7)14(22)12(6)19)25-17-16(24)15(23)13(21)9(5-20)26-17/h2-4,9,13,15-17,20-24H,5H2,1H3. The average Bonchev–Trinajstić information content (AvgIpc) is 2.64. The van der Waals surface area contributed by atoms with Crippen LogP contribution in [0.2, 0.25) is 10.0 Å². The number of halogens is 2. The van der Waals surface area contributed by atoms with Gasteiger partial charge in [-0.1, -0.05) is 35.3 Å². The van der Waals surface area contributed by atoms with Gasteiger partial charge in [-0.25, -0.2) is 0 Å². The van der Waals surface area contributed by atoms with Gasteiger partial charge < -0.3 is 35.0 Å². The summed E-state index contributed by atoms with van der Waals surface area (Å²) in [4.78, 5) is 0. The molecule has 0 bridgehead atoms. The van der Waals surface area contributed by atoms with Gasteiger partial charge in [0.1, 0.15) is 35.9 Å². The number of phenolic OH excluding ortho intramolecular Hbond substituents is 1. The van der Waals surface area contributed by atoms with Gasteiger partial charge in [0.15, 0.2) is 0 Å². The summed E-state index contributed by atoms with van der Waals surface area (Å²) < 4.78 is 11.0. The molecule has 0 radical (unpaired) electrons. The lowest BCUT2D eigenvalue weighted by Gasteiger charge is -2.39. The van der Waals surface area contributed by atoms with Crippen molar-refractivity contribution in [2.45, 2.75) is 37.6 Å². The number of benzene rings is 2. The lowest BCUT2D eigenvalue weighted by atomic mass is 9.99. The van der Waals surface area contributed by atoms with Crippen molar-refractivity contribution < 1.29 is 35.0 Å². The Bertz CT molecular complexity index is 827. The van der Waals surface area contributed by atoms with Gasteiger partial charge in [0.25, 0.3) is 0 Å². The molecule has 142 valence electrons. The molecule has 0 spiro atoms. The molecule has 0 amide bonds. The molecule has 1 saturated heterocycles. The van der Waals surface area contributed by atoms with E-state index in [1.54, 1.807) is 19.1 Å². The minimum absolute atomic E-state index is 0.0624. The van der Waals surface area contributed by atoms with Gasteiger partial charge in [0.05, 0.1) is 22.0 Å². The van der Waals surface area contributed by atoms with Crippen molar-refractivity contribution in [2.24, 2.45) is 0 Å². The van der Waals surface area contributed by atoms with Crippen molar-refractivity contribution in [3.8, 4) is 11.5 Å². The van der Waals surface area contributed by atoms with Crippen LogP contribution in [-0.2, 0) is 4.74 Å². The van der Waals surface area contributed by atoms with Crippen LogP contribution in [0.3, 0.4) is 0 Å². The van der Waals surface area contributed by atoms with Gasteiger partial charge in [-0.2, -0.15) is 0 Å². The zero-order valence-electron chi connectivity index (χ0n) is 13.6. The molecule has 9 heteroatoms. The van der Waals surface area contributed by atoms with E-state index in [-0.39, 0.29) is 21.9 Å². The highest BCUT2D eigenvalue weighted by Gasteiger charge is 2.44. The summed E-state index contributed by atoms with van der Waals surface area (Å²) in [6, 6.07) is 4.80. The molecule has 0 aromatic heterocycles. The zero-order valence-corrected chi connectivity index (χ0v) is 15.1. The summed E-state index contributed by atoms with van der Waals surface area (Å²) >= 11 is 12.4. The van der Waals surface area contributed by atoms with Crippen LogP contribution in [0.25, 0.3) is 10.8 Å². The number of hydrogen-bond donors (Lipinski definition) is 5. The highest BCUT2D eigenvalue weighted by Crippen LogP contribution is 2.45. The second-order valence-corrected chi connectivity index (χ2v) is 6.85. The Morgan fingerprint density at radius 2 is 1.77 bits per heavy atom. The monoisotopic (exact) mass is 404 g/mol. The van der Waals surface area contributed by atoms with Gasteiger partial charge >= 0.3 is 0 Å². The smallest absolute Gasteiger partial charge is 0.229 e. The van der Waals surface area contributed by atoms with Gasteiger partial charge in [0.2, 0.25) is 6.29 Å². The molecule has 0 aliphatic carbocycles. The fourth-order valence-electron chi connectivity index (χ4n) is 2.93. The molecule has 1 heterocycles. The van der Waals surface area contributed by atoms with Crippen molar-refractivity contribution in [3.05, 3.63) is 33.8 Å². The van der Waals surface area contributed by atoms with E-state index in [9.17, 15) is 25.5 Å². The maximum Gasteiger partial charge on any atom is 0.229 e. The van der Waals surface area contributed by atoms with Crippen LogP contribution in [0.5, 0.6) is 11.5 Å². The Morgan fingerprint density at radius 3 is 2.42 bits per heavy atom. The predicted octanol–water partition coefficient (Wildman–Crippen LogP) is 1.34. The Kier molecular flexibility index (Phi) is 5.50. The molecule has 2 aromatic rings. The first kappa shape index (κ1) is 19.4. The van der Waals surface area contributed by atoms with Crippen LogP contribution in [0, 0.1) is 6.92 Å². The first-order chi connectivity index (χ1) is 12.3. The topological polar surface area (TPSA) is 120 Å². The molecular weight excluding hydrogens is 387 g/mol. The van der Waals surface area contributed by atoms with Gasteiger partial charge in [-0.15, -0.1) is 0 Å². The summed E-state index contributed by atoms with van der Waals surface area (Å²) in [7, 11) is 0. The number of aromatic hydroxyl groups is 1. The van der Waals surface area contributed by atoms with Crippen molar-refractivity contribution in [2.75, 3.05) is 6.61 Å². The molecule has 3 rings (SSSR count). The Labute approximate surface area is 158 Å². The number of aliphatic hydroxyl groups is 4. The fraction of sp³-hybridized carbons (Fsp3) is 0.412. The number of aliphatic hydroxyl groups excluding tert-OH is 4. The lowest BCUT2D eigenvalue weighted by Crippen LogP contribution is -2.60. The van der Waals surface area contributed by atoms with E-state index in [0.717, 1.165) is 0 Å². The molecule has 5 N–H and O–H groups in total. The third kappa shape index (κ3) is 3.10. The summed E-state index contributed by atoms with van der Waals surface area (Å²) in [6.07, 6.45) is -7.17. The third-order valence-corrected chi connectivity index (χ3v) is 5.41. The van der Waals surface area contributed by atoms with E-state index in [1.807, 2.05) is 0 Å². The largest absolute Gasteiger partial charge is 0.506 e. The van der Waals surface area contributed by atoms with Crippen LogP contribution in [0.15, 0.2) is 18.2 Å². The third-order valence-electron chi connectivity index (χ3n) is 4.46. The fourth-order valence-corrected chi connectivity index (χ4v) is 3.42. The Morgan fingerprint density at radius 1 is 1.08 bits per heavy atom. The maximum absolute atomic E-state index is 10.4. The number of rotatable bonds is 3. The van der Waals surface area contributed by atoms with Crippen molar-refractivity contribution >= 4 is 34.0 Å². The zero-order chi connectivity index (χ0) is 19.2. The van der Waals surface area contributed by atoms with Crippen LogP contribution in [0.1, 0.15) is 5.56 Å². The molecule has 5 atom stereocenters. The number of phenols is 1. The number of ether oxygens (including phenoxy) is 2. The van der Waals surface area contributed by atoms with Crippen LogP contribution in [-0.4, -0.2) is 62.8 Å². The normalized spacial score (nSPS) is 29.1. The predicted molar refractivity (Wildman–Crippen MR) is 94.8 cm³/mol. The van der Waals surface area contributed by atoms with Crippen molar-refractivity contribution in [1.82, 2.24) is 0 Å². The summed E-state index contributed by atoms with van der Waals surface area (Å²) in [5, 5.41) is 50.6. The first-order valence-corrected chi connectivity index (χ1v) is 8.60. The lowest BCUT2D eigenvalue weighted by molar-refractivity contribution is -0.277. The molecule has 1 aliphatic rings. The highest BCUT2D eigenvalue weighted by molar-refractivity contribution is 6.41. The molecule has 1 aliphatic heterocycles. The van der Waals surface area contributed by atoms with E-state index < -0.39 is 37.3 Å². The van der Waals surface area contributed by atoms with E-state index >= 15 is 0 Å². The molecular formula is C17H18Cl2O7. The highest BCUT2D eigenvalue weighted by atomic mass is 35.5. The van der Waals surface area contributed by atoms with E-state index in [4.69, 9.17) is 32.7 Å². The average molecular weight is 405 g/mol. The Hall–Kier alpha value is -1.32. The summed E-state index contributed by atoms with van der Waals surface area (Å²) in [5.74, 6) is -0.142. The SMILES string of the molecule is Cc1c(Cl)c(O)c2c(OC3OC(CO)C(O)C(O)C3O)cccc2c1Cl. The van der Waals surface area contributed by atoms with Crippen LogP contribution >= 0.6 is 23.2 Å². The molecule has 2 aromatic carbocycles. The van der Waals surface area contributed by atoms with Crippen molar-refractivity contribution in [1.29, 1.82) is 0 Å². The number of hydrogen-bond acceptors (Lipinski definition) is 7. The number of fused-ring (bicyclic) bond motifs is 1. The van der Waals surface area contributed by atoms with E-state index in [1.165, 1.54) is 6.07 Å². The second-order valence-electron chi connectivity index (χ2n) is 6.10. The van der Waals surface area contributed by atoms with Crippen molar-refractivity contribution in [3.63, 3.8) is 0 Å². The van der Waals surface area contributed by atoms with Gasteiger partial charge in [-0.3, -0.25) is 0 Å². The minimum atomic E-state index is -1.58. The van der Waals surface area contributed by atoms with E-state index in [2.05, 4.69) is 0 Å². The minimum Gasteiger partial charge on any atom is -0.506 e. The molecule has 1 fully saturated rings. The molecule has 7 nitrogen and oxygen atoms in total. The molecule has 0 saturated carbocycles. The second kappa shape index (κ2) is 7.36. The van der Waals surface area contributed by atoms with Gasteiger partial charge in [-0.05, 0) is 18.6 Å². The molecule has 26 heavy (non-hydrogen) atoms. The molecule has 5 unspecified atom stereocenters. The Balaban J connectivity index is 2.04. The van der Waals surface area contributed by atoms with Crippen LogP contribution in [0.4, 0.5) is 0 Å². The van der Waals surface area contributed by atoms with Gasteiger partial charge in [0, 0.05) is 5.39 Å². The quantitative estimate of drug-likeness (QED) is 0.523. The maximum atomic E-state index is 10.4. The summed E-state index contributed by atoms with van der Waals surface area (Å²) in [5.41, 5.74) is 0.503. The first-order valence-electron chi connectivity index (χ1n) is 7.84.